The number of alkyl halides is 3. The predicted molar refractivity (Wildman–Crippen MR) is 118 cm³/mol. The van der Waals surface area contributed by atoms with Gasteiger partial charge in [-0.2, -0.15) is 18.2 Å². The molecule has 0 saturated heterocycles. The Balaban J connectivity index is 1.65. The smallest absolute Gasteiger partial charge is 0.417 e. The Morgan fingerprint density at radius 1 is 1.00 bits per heavy atom. The van der Waals surface area contributed by atoms with E-state index in [9.17, 15) is 18.0 Å². The van der Waals surface area contributed by atoms with Gasteiger partial charge in [-0.05, 0) is 47.4 Å². The van der Waals surface area contributed by atoms with Crippen LogP contribution < -0.4 is 0 Å². The van der Waals surface area contributed by atoms with E-state index < -0.39 is 24.3 Å². The van der Waals surface area contributed by atoms with Gasteiger partial charge in [-0.15, -0.1) is 0 Å². The van der Waals surface area contributed by atoms with Crippen LogP contribution in [0.25, 0.3) is 34.0 Å². The molecule has 0 spiro atoms. The average molecular weight is 468 g/mol. The van der Waals surface area contributed by atoms with E-state index in [0.29, 0.717) is 16.7 Å². The molecule has 1 heterocycles. The van der Waals surface area contributed by atoms with Crippen molar-refractivity contribution in [3.63, 3.8) is 0 Å². The Kier molecular flexibility index (Phi) is 6.47. The number of benzene rings is 3. The molecule has 0 bridgehead atoms. The van der Waals surface area contributed by atoms with Crippen LogP contribution >= 0.6 is 0 Å². The molecule has 9 heteroatoms. The molecule has 34 heavy (non-hydrogen) atoms. The zero-order valence-corrected chi connectivity index (χ0v) is 18.0. The van der Waals surface area contributed by atoms with Crippen molar-refractivity contribution in [1.29, 1.82) is 0 Å². The number of hydrogen-bond donors (Lipinski definition) is 1. The SMILES string of the molecule is Cc1ccccc1-c1ccc(-c2nc(-c3cccc(COCC(=O)O)c3)no2)cc1C(F)(F)F. The van der Waals surface area contributed by atoms with Crippen LogP contribution in [0.2, 0.25) is 0 Å². The van der Waals surface area contributed by atoms with Crippen LogP contribution in [0.4, 0.5) is 13.2 Å². The van der Waals surface area contributed by atoms with E-state index in [2.05, 4.69) is 10.1 Å². The number of aliphatic carboxylic acids is 1. The number of hydrogen-bond acceptors (Lipinski definition) is 5. The van der Waals surface area contributed by atoms with Crippen LogP contribution in [0.15, 0.2) is 71.3 Å². The topological polar surface area (TPSA) is 85.5 Å². The molecule has 0 amide bonds. The maximum atomic E-state index is 13.9. The Labute approximate surface area is 192 Å². The van der Waals surface area contributed by atoms with Crippen LogP contribution in [0, 0.1) is 6.92 Å². The zero-order valence-electron chi connectivity index (χ0n) is 18.0. The van der Waals surface area contributed by atoms with Gasteiger partial charge >= 0.3 is 12.1 Å². The first-order valence-electron chi connectivity index (χ1n) is 10.2. The van der Waals surface area contributed by atoms with Crippen LogP contribution in [0.1, 0.15) is 16.7 Å². The van der Waals surface area contributed by atoms with Gasteiger partial charge < -0.3 is 14.4 Å². The molecule has 0 radical (unpaired) electrons. The van der Waals surface area contributed by atoms with Crippen LogP contribution in [-0.2, 0) is 22.3 Å². The summed E-state index contributed by atoms with van der Waals surface area (Å²) in [5.41, 5.74) is 1.89. The summed E-state index contributed by atoms with van der Waals surface area (Å²) in [6, 6.07) is 17.7. The summed E-state index contributed by atoms with van der Waals surface area (Å²) in [5, 5.41) is 12.6. The second-order valence-corrected chi connectivity index (χ2v) is 7.58. The highest BCUT2D eigenvalue weighted by atomic mass is 19.4. The molecule has 174 valence electrons. The van der Waals surface area contributed by atoms with Gasteiger partial charge in [0.2, 0.25) is 5.82 Å². The first kappa shape index (κ1) is 23.2. The van der Waals surface area contributed by atoms with Gasteiger partial charge in [-0.3, -0.25) is 0 Å². The third-order valence-electron chi connectivity index (χ3n) is 5.11. The lowest BCUT2D eigenvalue weighted by atomic mass is 9.94. The Morgan fingerprint density at radius 3 is 2.53 bits per heavy atom. The van der Waals surface area contributed by atoms with E-state index in [-0.39, 0.29) is 29.4 Å². The lowest BCUT2D eigenvalue weighted by Crippen LogP contribution is -2.08. The summed E-state index contributed by atoms with van der Waals surface area (Å²) in [4.78, 5) is 14.9. The standard InChI is InChI=1S/C25H19F3N2O4/c1-15-5-2-3-8-19(15)20-10-9-18(12-21(20)25(26,27)28)24-29-23(30-34-24)17-7-4-6-16(11-17)13-33-14-22(31)32/h2-12H,13-14H2,1H3,(H,31,32). The number of nitrogens with zero attached hydrogens (tertiary/aromatic N) is 2. The third-order valence-corrected chi connectivity index (χ3v) is 5.11. The molecule has 0 aliphatic heterocycles. The quantitative estimate of drug-likeness (QED) is 0.358. The second kappa shape index (κ2) is 9.48. The second-order valence-electron chi connectivity index (χ2n) is 7.58. The first-order chi connectivity index (χ1) is 16.2. The van der Waals surface area contributed by atoms with E-state index >= 15 is 0 Å². The van der Waals surface area contributed by atoms with Gasteiger partial charge in [0.25, 0.3) is 5.89 Å². The van der Waals surface area contributed by atoms with Gasteiger partial charge in [-0.1, -0.05) is 53.7 Å². The summed E-state index contributed by atoms with van der Waals surface area (Å²) in [7, 11) is 0. The first-order valence-corrected chi connectivity index (χ1v) is 10.2. The Bertz CT molecular complexity index is 1330. The molecule has 1 aromatic heterocycles. The summed E-state index contributed by atoms with van der Waals surface area (Å²) >= 11 is 0. The number of halogens is 3. The summed E-state index contributed by atoms with van der Waals surface area (Å²) in [6.07, 6.45) is -4.58. The molecule has 6 nitrogen and oxygen atoms in total. The molecule has 3 aromatic carbocycles. The molecular weight excluding hydrogens is 449 g/mol. The normalized spacial score (nSPS) is 11.5. The van der Waals surface area contributed by atoms with E-state index in [1.807, 2.05) is 0 Å². The van der Waals surface area contributed by atoms with Crippen molar-refractivity contribution < 1.29 is 32.3 Å². The predicted octanol–water partition coefficient (Wildman–Crippen LogP) is 6.00. The molecular formula is C25H19F3N2O4. The van der Waals surface area contributed by atoms with E-state index in [1.54, 1.807) is 55.5 Å². The van der Waals surface area contributed by atoms with Gasteiger partial charge in [0.1, 0.15) is 6.61 Å². The third kappa shape index (κ3) is 5.15. The number of carbonyl (C=O) groups is 1. The van der Waals surface area contributed by atoms with Crippen molar-refractivity contribution in [2.24, 2.45) is 0 Å². The van der Waals surface area contributed by atoms with E-state index in [1.165, 1.54) is 12.1 Å². The number of carboxylic acid groups (broad SMARTS) is 1. The van der Waals surface area contributed by atoms with Gasteiger partial charge in [0.15, 0.2) is 0 Å². The molecule has 0 aliphatic rings. The molecule has 0 saturated carbocycles. The largest absolute Gasteiger partial charge is 0.480 e. The fraction of sp³-hybridized carbons (Fsp3) is 0.160. The zero-order chi connectivity index (χ0) is 24.3. The number of aromatic nitrogens is 2. The van der Waals surface area contributed by atoms with Crippen LogP contribution in [0.5, 0.6) is 0 Å². The minimum absolute atomic E-state index is 0.0515. The monoisotopic (exact) mass is 468 g/mol. The Hall–Kier alpha value is -3.98. The van der Waals surface area contributed by atoms with Crippen molar-refractivity contribution in [1.82, 2.24) is 10.1 Å². The maximum absolute atomic E-state index is 13.9. The lowest BCUT2D eigenvalue weighted by Gasteiger charge is -2.15. The number of rotatable bonds is 7. The number of carboxylic acids is 1. The van der Waals surface area contributed by atoms with Crippen molar-refractivity contribution in [3.05, 3.63) is 83.4 Å². The molecule has 0 fully saturated rings. The van der Waals surface area contributed by atoms with Crippen molar-refractivity contribution >= 4 is 5.97 Å². The van der Waals surface area contributed by atoms with E-state index in [4.69, 9.17) is 14.4 Å². The highest BCUT2D eigenvalue weighted by Crippen LogP contribution is 2.40. The molecule has 1 N–H and O–H groups in total. The highest BCUT2D eigenvalue weighted by molar-refractivity contribution is 5.74. The van der Waals surface area contributed by atoms with Crippen molar-refractivity contribution in [3.8, 4) is 34.0 Å². The van der Waals surface area contributed by atoms with Crippen molar-refractivity contribution in [2.45, 2.75) is 19.7 Å². The maximum Gasteiger partial charge on any atom is 0.417 e. The summed E-state index contributed by atoms with van der Waals surface area (Å²) in [5.74, 6) is -0.943. The molecule has 4 rings (SSSR count). The minimum Gasteiger partial charge on any atom is -0.480 e. The minimum atomic E-state index is -4.58. The molecule has 0 atom stereocenters. The van der Waals surface area contributed by atoms with Crippen LogP contribution in [-0.4, -0.2) is 27.8 Å². The Morgan fingerprint density at radius 2 is 1.79 bits per heavy atom. The average Bonchev–Trinajstić information content (AvgIpc) is 3.29. The number of ether oxygens (including phenoxy) is 1. The summed E-state index contributed by atoms with van der Waals surface area (Å²) in [6.45, 7) is 1.39. The molecule has 4 aromatic rings. The van der Waals surface area contributed by atoms with Gasteiger partial charge in [-0.25, -0.2) is 4.79 Å². The fourth-order valence-electron chi connectivity index (χ4n) is 3.54. The highest BCUT2D eigenvalue weighted by Gasteiger charge is 2.34. The molecule has 0 unspecified atom stereocenters. The van der Waals surface area contributed by atoms with Gasteiger partial charge in [0.05, 0.1) is 12.2 Å². The lowest BCUT2D eigenvalue weighted by molar-refractivity contribution is -0.142. The summed E-state index contributed by atoms with van der Waals surface area (Å²) < 4.78 is 52.1. The van der Waals surface area contributed by atoms with Crippen molar-refractivity contribution in [2.75, 3.05) is 6.61 Å². The number of aryl methyl sites for hydroxylation is 1. The fourth-order valence-corrected chi connectivity index (χ4v) is 3.54. The van der Waals surface area contributed by atoms with E-state index in [0.717, 1.165) is 11.6 Å². The van der Waals surface area contributed by atoms with Gasteiger partial charge in [0, 0.05) is 11.1 Å². The molecule has 0 aliphatic carbocycles. The van der Waals surface area contributed by atoms with Crippen LogP contribution in [0.3, 0.4) is 0 Å².